The zero-order valence-electron chi connectivity index (χ0n) is 31.7. The molecule has 0 amide bonds. The van der Waals surface area contributed by atoms with E-state index in [-0.39, 0.29) is 0 Å². The van der Waals surface area contributed by atoms with Gasteiger partial charge in [-0.25, -0.2) is 0 Å². The summed E-state index contributed by atoms with van der Waals surface area (Å²) in [5.74, 6) is 0. The number of rotatable bonds is 7. The van der Waals surface area contributed by atoms with Crippen LogP contribution in [0.5, 0.6) is 0 Å². The first kappa shape index (κ1) is 33.6. The zero-order chi connectivity index (χ0) is 38.4. The second-order valence-electron chi connectivity index (χ2n) is 14.9. The number of hydrogen-bond acceptors (Lipinski definition) is 2. The fourth-order valence-corrected chi connectivity index (χ4v) is 8.62. The fraction of sp³-hybridized carbons (Fsp3) is 0. The van der Waals surface area contributed by atoms with Crippen LogP contribution in [-0.2, 0) is 0 Å². The van der Waals surface area contributed by atoms with Crippen molar-refractivity contribution in [3.05, 3.63) is 224 Å². The molecule has 0 spiro atoms. The molecule has 0 atom stereocenters. The van der Waals surface area contributed by atoms with Gasteiger partial charge in [-0.1, -0.05) is 188 Å². The molecule has 1 aromatic heterocycles. The van der Waals surface area contributed by atoms with Gasteiger partial charge in [0.15, 0.2) is 5.58 Å². The first-order valence-corrected chi connectivity index (χ1v) is 19.8. The van der Waals surface area contributed by atoms with E-state index in [0.717, 1.165) is 72.2 Å². The summed E-state index contributed by atoms with van der Waals surface area (Å²) < 4.78 is 7.18. The van der Waals surface area contributed by atoms with Crippen molar-refractivity contribution in [3.8, 4) is 44.5 Å². The molecule has 2 heteroatoms. The van der Waals surface area contributed by atoms with E-state index in [1.807, 2.05) is 0 Å². The van der Waals surface area contributed by atoms with Gasteiger partial charge in [-0.05, 0) is 91.5 Å². The lowest BCUT2D eigenvalue weighted by Crippen LogP contribution is -2.11. The average Bonchev–Trinajstić information content (AvgIpc) is 3.69. The molecular formula is C56H37NO. The van der Waals surface area contributed by atoms with Gasteiger partial charge in [0.25, 0.3) is 0 Å². The van der Waals surface area contributed by atoms with E-state index in [0.29, 0.717) is 0 Å². The van der Waals surface area contributed by atoms with Gasteiger partial charge in [0.2, 0.25) is 0 Å². The Hall–Kier alpha value is -7.68. The van der Waals surface area contributed by atoms with Crippen molar-refractivity contribution in [2.75, 3.05) is 4.90 Å². The molecule has 11 rings (SSSR count). The molecule has 272 valence electrons. The minimum atomic E-state index is 0.841. The largest absolute Gasteiger partial charge is 0.453 e. The van der Waals surface area contributed by atoms with Crippen molar-refractivity contribution in [2.24, 2.45) is 0 Å². The highest BCUT2D eigenvalue weighted by Gasteiger charge is 2.24. The molecule has 0 N–H and O–H groups in total. The van der Waals surface area contributed by atoms with Crippen molar-refractivity contribution in [1.29, 1.82) is 0 Å². The molecule has 0 bridgehead atoms. The molecule has 0 fully saturated rings. The van der Waals surface area contributed by atoms with Crippen LogP contribution in [0.4, 0.5) is 17.1 Å². The van der Waals surface area contributed by atoms with E-state index in [4.69, 9.17) is 4.42 Å². The Labute approximate surface area is 337 Å². The summed E-state index contributed by atoms with van der Waals surface area (Å²) in [6.07, 6.45) is 0. The zero-order valence-corrected chi connectivity index (χ0v) is 31.7. The smallest absolute Gasteiger partial charge is 0.159 e. The van der Waals surface area contributed by atoms with Crippen LogP contribution in [0, 0.1) is 0 Å². The molecule has 0 aliphatic carbocycles. The van der Waals surface area contributed by atoms with Crippen LogP contribution >= 0.6 is 0 Å². The van der Waals surface area contributed by atoms with E-state index in [9.17, 15) is 0 Å². The quantitative estimate of drug-likeness (QED) is 0.162. The van der Waals surface area contributed by atoms with Crippen molar-refractivity contribution >= 4 is 60.5 Å². The number of anilines is 3. The van der Waals surface area contributed by atoms with E-state index in [1.165, 1.54) is 32.8 Å². The van der Waals surface area contributed by atoms with Crippen LogP contribution in [0.1, 0.15) is 0 Å². The molecular weight excluding hydrogens is 703 g/mol. The van der Waals surface area contributed by atoms with Crippen molar-refractivity contribution in [3.63, 3.8) is 0 Å². The van der Waals surface area contributed by atoms with Gasteiger partial charge < -0.3 is 9.32 Å². The Balaban J connectivity index is 1.19. The van der Waals surface area contributed by atoms with E-state index < -0.39 is 0 Å². The Kier molecular flexibility index (Phi) is 8.19. The second kappa shape index (κ2) is 14.1. The number of nitrogens with zero attached hydrogens (tertiary/aromatic N) is 1. The van der Waals surface area contributed by atoms with Crippen LogP contribution in [0.25, 0.3) is 88.0 Å². The van der Waals surface area contributed by atoms with Crippen molar-refractivity contribution in [1.82, 2.24) is 0 Å². The van der Waals surface area contributed by atoms with Gasteiger partial charge in [-0.2, -0.15) is 0 Å². The summed E-state index contributed by atoms with van der Waals surface area (Å²) >= 11 is 0. The van der Waals surface area contributed by atoms with Crippen LogP contribution in [0.3, 0.4) is 0 Å². The summed E-state index contributed by atoms with van der Waals surface area (Å²) in [7, 11) is 0. The maximum absolute atomic E-state index is 7.18. The molecule has 11 aromatic rings. The van der Waals surface area contributed by atoms with E-state index in [2.05, 4.69) is 229 Å². The van der Waals surface area contributed by atoms with Crippen LogP contribution < -0.4 is 4.90 Å². The minimum Gasteiger partial charge on any atom is -0.453 e. The molecule has 2 nitrogen and oxygen atoms in total. The number of fused-ring (bicyclic) bond motifs is 5. The van der Waals surface area contributed by atoms with Gasteiger partial charge in [-0.15, -0.1) is 0 Å². The number of benzene rings is 10. The topological polar surface area (TPSA) is 16.4 Å². The molecule has 0 radical (unpaired) electrons. The monoisotopic (exact) mass is 739 g/mol. The number of hydrogen-bond donors (Lipinski definition) is 0. The van der Waals surface area contributed by atoms with Crippen LogP contribution in [-0.4, -0.2) is 0 Å². The van der Waals surface area contributed by atoms with E-state index >= 15 is 0 Å². The van der Waals surface area contributed by atoms with Gasteiger partial charge in [0, 0.05) is 27.4 Å². The molecule has 1 heterocycles. The van der Waals surface area contributed by atoms with Crippen molar-refractivity contribution < 1.29 is 4.42 Å². The average molecular weight is 740 g/mol. The summed E-state index contributed by atoms with van der Waals surface area (Å²) in [4.78, 5) is 2.40. The number of furan rings is 1. The second-order valence-corrected chi connectivity index (χ2v) is 14.9. The Bertz CT molecular complexity index is 3260. The predicted octanol–water partition coefficient (Wildman–Crippen LogP) is 16.0. The van der Waals surface area contributed by atoms with E-state index in [1.54, 1.807) is 0 Å². The fourth-order valence-electron chi connectivity index (χ4n) is 8.62. The maximum atomic E-state index is 7.18. The Morgan fingerprint density at radius 2 is 0.862 bits per heavy atom. The summed E-state index contributed by atoms with van der Waals surface area (Å²) in [6, 6.07) is 80.6. The standard InChI is InChI=1S/C56H37NO/c1-4-15-38(16-5-1)45-36-52-51-26-14-25-48(42-20-8-3-9-21-42)55(51)58-56(52)54(37-45)57(46-31-29-40(30-32-46)44-28-27-39-17-10-11-22-43(39)35-44)53-34-33-47(41-18-6-2-7-19-41)49-23-12-13-24-50(49)53/h1-37H. The minimum absolute atomic E-state index is 0.841. The highest BCUT2D eigenvalue weighted by atomic mass is 16.3. The first-order chi connectivity index (χ1) is 28.8. The highest BCUT2D eigenvalue weighted by Crippen LogP contribution is 2.48. The molecule has 0 aliphatic rings. The third-order valence-electron chi connectivity index (χ3n) is 11.4. The highest BCUT2D eigenvalue weighted by molar-refractivity contribution is 6.16. The third kappa shape index (κ3) is 5.82. The molecule has 0 saturated carbocycles. The molecule has 58 heavy (non-hydrogen) atoms. The molecule has 0 unspecified atom stereocenters. The lowest BCUT2D eigenvalue weighted by molar-refractivity contribution is 0.670. The predicted molar refractivity (Wildman–Crippen MR) is 245 cm³/mol. The summed E-state index contributed by atoms with van der Waals surface area (Å²) in [5.41, 5.74) is 14.0. The third-order valence-corrected chi connectivity index (χ3v) is 11.4. The van der Waals surface area contributed by atoms with Crippen LogP contribution in [0.2, 0.25) is 0 Å². The maximum Gasteiger partial charge on any atom is 0.159 e. The van der Waals surface area contributed by atoms with Gasteiger partial charge in [-0.3, -0.25) is 0 Å². The van der Waals surface area contributed by atoms with Crippen LogP contribution in [0.15, 0.2) is 229 Å². The Morgan fingerprint density at radius 1 is 0.276 bits per heavy atom. The lowest BCUT2D eigenvalue weighted by atomic mass is 9.95. The Morgan fingerprint density at radius 3 is 1.60 bits per heavy atom. The molecule has 0 aliphatic heterocycles. The van der Waals surface area contributed by atoms with Gasteiger partial charge >= 0.3 is 0 Å². The molecule has 10 aromatic carbocycles. The SMILES string of the molecule is c1ccc(-c2cc(N(c3ccc(-c4ccc5ccccc5c4)cc3)c3ccc(-c4ccccc4)c4ccccc34)c3oc4c(-c5ccccc5)cccc4c3c2)cc1. The van der Waals surface area contributed by atoms with Gasteiger partial charge in [0.1, 0.15) is 5.58 Å². The lowest BCUT2D eigenvalue weighted by Gasteiger charge is -2.28. The number of para-hydroxylation sites is 1. The summed E-state index contributed by atoms with van der Waals surface area (Å²) in [6.45, 7) is 0. The molecule has 0 saturated heterocycles. The van der Waals surface area contributed by atoms with Gasteiger partial charge in [0.05, 0.1) is 11.4 Å². The van der Waals surface area contributed by atoms with Crippen molar-refractivity contribution in [2.45, 2.75) is 0 Å². The summed E-state index contributed by atoms with van der Waals surface area (Å²) in [5, 5.41) is 6.98. The first-order valence-electron chi connectivity index (χ1n) is 19.8. The normalized spacial score (nSPS) is 11.4.